The molecule has 20 heavy (non-hydrogen) atoms. The average Bonchev–Trinajstić information content (AvgIpc) is 2.65. The van der Waals surface area contributed by atoms with Crippen molar-refractivity contribution >= 4 is 10.0 Å². The molecule has 0 bridgehead atoms. The van der Waals surface area contributed by atoms with Crippen molar-refractivity contribution in [3.8, 4) is 0 Å². The van der Waals surface area contributed by atoms with Gasteiger partial charge in [-0.1, -0.05) is 12.2 Å². The summed E-state index contributed by atoms with van der Waals surface area (Å²) in [6.07, 6.45) is 3.10. The lowest BCUT2D eigenvalue weighted by Crippen LogP contribution is -2.32. The SMILES string of the molecule is C=CCN(CC=C)S(=O)(=O)c1c(C)nn(CCN)c1C. The molecule has 112 valence electrons. The highest BCUT2D eigenvalue weighted by atomic mass is 32.2. The molecule has 0 aromatic carbocycles. The normalized spacial score (nSPS) is 11.8. The number of nitrogens with zero attached hydrogens (tertiary/aromatic N) is 3. The molecule has 0 aliphatic rings. The van der Waals surface area contributed by atoms with Gasteiger partial charge in [-0.15, -0.1) is 13.2 Å². The number of rotatable bonds is 8. The Balaban J connectivity index is 3.33. The van der Waals surface area contributed by atoms with Gasteiger partial charge in [-0.2, -0.15) is 9.40 Å². The summed E-state index contributed by atoms with van der Waals surface area (Å²) in [5, 5.41) is 4.25. The van der Waals surface area contributed by atoms with Crippen molar-refractivity contribution in [1.29, 1.82) is 0 Å². The first-order valence-electron chi connectivity index (χ1n) is 6.36. The fraction of sp³-hybridized carbons (Fsp3) is 0.462. The van der Waals surface area contributed by atoms with Gasteiger partial charge in [0.2, 0.25) is 10.0 Å². The van der Waals surface area contributed by atoms with E-state index in [0.29, 0.717) is 24.5 Å². The summed E-state index contributed by atoms with van der Waals surface area (Å²) in [7, 11) is -3.62. The Morgan fingerprint density at radius 3 is 2.30 bits per heavy atom. The summed E-state index contributed by atoms with van der Waals surface area (Å²) in [5.74, 6) is 0. The molecule has 0 amide bonds. The smallest absolute Gasteiger partial charge is 0.247 e. The molecule has 0 aliphatic carbocycles. The van der Waals surface area contributed by atoms with Crippen molar-refractivity contribution in [3.05, 3.63) is 36.7 Å². The molecule has 1 aromatic rings. The summed E-state index contributed by atoms with van der Waals surface area (Å²) in [5.41, 5.74) is 6.59. The van der Waals surface area contributed by atoms with E-state index in [-0.39, 0.29) is 18.0 Å². The van der Waals surface area contributed by atoms with Crippen LogP contribution in [0, 0.1) is 13.8 Å². The average molecular weight is 298 g/mol. The van der Waals surface area contributed by atoms with E-state index in [1.54, 1.807) is 30.7 Å². The molecule has 0 radical (unpaired) electrons. The second-order valence-corrected chi connectivity index (χ2v) is 6.29. The van der Waals surface area contributed by atoms with Crippen LogP contribution in [0.25, 0.3) is 0 Å². The molecule has 1 heterocycles. The molecule has 0 unspecified atom stereocenters. The molecule has 0 atom stereocenters. The number of hydrogen-bond acceptors (Lipinski definition) is 4. The van der Waals surface area contributed by atoms with Gasteiger partial charge in [-0.25, -0.2) is 8.42 Å². The van der Waals surface area contributed by atoms with Gasteiger partial charge in [0.05, 0.1) is 17.9 Å². The summed E-state index contributed by atoms with van der Waals surface area (Å²) >= 11 is 0. The Labute approximate surface area is 120 Å². The lowest BCUT2D eigenvalue weighted by molar-refractivity contribution is 0.473. The number of aromatic nitrogens is 2. The van der Waals surface area contributed by atoms with Gasteiger partial charge >= 0.3 is 0 Å². The maximum atomic E-state index is 12.7. The molecule has 6 nitrogen and oxygen atoms in total. The Kier molecular flexibility index (Phi) is 5.67. The Bertz CT molecular complexity index is 580. The Morgan fingerprint density at radius 1 is 1.30 bits per heavy atom. The maximum absolute atomic E-state index is 12.7. The van der Waals surface area contributed by atoms with Crippen molar-refractivity contribution in [3.63, 3.8) is 0 Å². The molecule has 1 aromatic heterocycles. The van der Waals surface area contributed by atoms with Gasteiger partial charge in [0.25, 0.3) is 0 Å². The van der Waals surface area contributed by atoms with Crippen LogP contribution in [0.15, 0.2) is 30.2 Å². The van der Waals surface area contributed by atoms with E-state index >= 15 is 0 Å². The van der Waals surface area contributed by atoms with Crippen molar-refractivity contribution < 1.29 is 8.42 Å². The highest BCUT2D eigenvalue weighted by Crippen LogP contribution is 2.23. The third kappa shape index (κ3) is 3.17. The quantitative estimate of drug-likeness (QED) is 0.721. The zero-order valence-electron chi connectivity index (χ0n) is 12.0. The topological polar surface area (TPSA) is 81.2 Å². The highest BCUT2D eigenvalue weighted by Gasteiger charge is 2.29. The summed E-state index contributed by atoms with van der Waals surface area (Å²) in [4.78, 5) is 0.245. The number of sulfonamides is 1. The summed E-state index contributed by atoms with van der Waals surface area (Å²) in [6.45, 7) is 12.0. The first-order valence-corrected chi connectivity index (χ1v) is 7.80. The minimum Gasteiger partial charge on any atom is -0.329 e. The molecule has 0 spiro atoms. The van der Waals surface area contributed by atoms with E-state index in [4.69, 9.17) is 5.73 Å². The van der Waals surface area contributed by atoms with Gasteiger partial charge in [0.15, 0.2) is 0 Å². The van der Waals surface area contributed by atoms with Crippen molar-refractivity contribution in [2.75, 3.05) is 19.6 Å². The number of nitrogens with two attached hydrogens (primary N) is 1. The van der Waals surface area contributed by atoms with Crippen LogP contribution >= 0.6 is 0 Å². The van der Waals surface area contributed by atoms with Crippen LogP contribution in [0.3, 0.4) is 0 Å². The standard InChI is InChI=1S/C13H22N4O2S/c1-5-8-16(9-6-2)20(18,19)13-11(3)15-17(10-7-14)12(13)4/h5-6H,1-2,7-10,14H2,3-4H3. The monoisotopic (exact) mass is 298 g/mol. The molecule has 0 saturated carbocycles. The van der Waals surface area contributed by atoms with Gasteiger partial charge < -0.3 is 5.73 Å². The molecule has 2 N–H and O–H groups in total. The first-order chi connectivity index (χ1) is 9.39. The Hall–Kier alpha value is -1.44. The van der Waals surface area contributed by atoms with Crippen molar-refractivity contribution in [2.24, 2.45) is 5.73 Å². The van der Waals surface area contributed by atoms with Gasteiger partial charge in [-0.3, -0.25) is 4.68 Å². The van der Waals surface area contributed by atoms with Crippen LogP contribution in [0.4, 0.5) is 0 Å². The molecule has 0 saturated heterocycles. The van der Waals surface area contributed by atoms with Crippen LogP contribution in [0.5, 0.6) is 0 Å². The van der Waals surface area contributed by atoms with Gasteiger partial charge in [0, 0.05) is 19.6 Å². The fourth-order valence-electron chi connectivity index (χ4n) is 2.08. The maximum Gasteiger partial charge on any atom is 0.247 e. The van der Waals surface area contributed by atoms with E-state index in [1.807, 2.05) is 0 Å². The fourth-order valence-corrected chi connectivity index (χ4v) is 3.84. The summed E-state index contributed by atoms with van der Waals surface area (Å²) in [6, 6.07) is 0. The predicted octanol–water partition coefficient (Wildman–Crippen LogP) is 0.821. The lowest BCUT2D eigenvalue weighted by Gasteiger charge is -2.19. The number of hydrogen-bond donors (Lipinski definition) is 1. The number of aryl methyl sites for hydroxylation is 1. The van der Waals surface area contributed by atoms with E-state index < -0.39 is 10.0 Å². The van der Waals surface area contributed by atoms with Crippen molar-refractivity contribution in [2.45, 2.75) is 25.3 Å². The lowest BCUT2D eigenvalue weighted by atomic mass is 10.4. The first kappa shape index (κ1) is 16.6. The van der Waals surface area contributed by atoms with Crippen LogP contribution in [0.2, 0.25) is 0 Å². The minimum atomic E-state index is -3.62. The van der Waals surface area contributed by atoms with Gasteiger partial charge in [0.1, 0.15) is 4.90 Å². The van der Waals surface area contributed by atoms with E-state index in [1.165, 1.54) is 4.31 Å². The van der Waals surface area contributed by atoms with Crippen molar-refractivity contribution in [1.82, 2.24) is 14.1 Å². The van der Waals surface area contributed by atoms with Crippen LogP contribution in [0.1, 0.15) is 11.4 Å². The molecular weight excluding hydrogens is 276 g/mol. The molecular formula is C13H22N4O2S. The van der Waals surface area contributed by atoms with E-state index in [0.717, 1.165) is 0 Å². The third-order valence-electron chi connectivity index (χ3n) is 2.92. The van der Waals surface area contributed by atoms with Crippen LogP contribution < -0.4 is 5.73 Å². The molecule has 0 fully saturated rings. The van der Waals surface area contributed by atoms with E-state index in [9.17, 15) is 8.42 Å². The minimum absolute atomic E-state index is 0.231. The highest BCUT2D eigenvalue weighted by molar-refractivity contribution is 7.89. The zero-order chi connectivity index (χ0) is 15.3. The third-order valence-corrected chi connectivity index (χ3v) is 5.00. The summed E-state index contributed by atoms with van der Waals surface area (Å²) < 4.78 is 28.4. The van der Waals surface area contributed by atoms with Crippen LogP contribution in [-0.4, -0.2) is 42.1 Å². The Morgan fingerprint density at radius 2 is 1.85 bits per heavy atom. The molecule has 7 heteroatoms. The zero-order valence-corrected chi connectivity index (χ0v) is 12.9. The van der Waals surface area contributed by atoms with Gasteiger partial charge in [-0.05, 0) is 13.8 Å². The molecule has 0 aliphatic heterocycles. The predicted molar refractivity (Wildman–Crippen MR) is 79.9 cm³/mol. The molecule has 1 rings (SSSR count). The second kappa shape index (κ2) is 6.83. The largest absolute Gasteiger partial charge is 0.329 e. The second-order valence-electron chi connectivity index (χ2n) is 4.41. The van der Waals surface area contributed by atoms with Crippen LogP contribution in [-0.2, 0) is 16.6 Å². The van der Waals surface area contributed by atoms with E-state index in [2.05, 4.69) is 18.3 Å².